The fourth-order valence-electron chi connectivity index (χ4n) is 1.45. The highest BCUT2D eigenvalue weighted by molar-refractivity contribution is 5.85. The van der Waals surface area contributed by atoms with Crippen molar-refractivity contribution in [2.45, 2.75) is 25.7 Å². The second kappa shape index (κ2) is 7.23. The number of carbonyl (C=O) groups is 1. The Morgan fingerprint density at radius 1 is 1.45 bits per heavy atom. The number of amides is 1. The molecule has 0 saturated heterocycles. The van der Waals surface area contributed by atoms with E-state index in [1.807, 2.05) is 13.0 Å². The summed E-state index contributed by atoms with van der Waals surface area (Å²) in [6.07, 6.45) is 1.81. The van der Waals surface area contributed by atoms with Gasteiger partial charge in [-0.05, 0) is 6.42 Å². The minimum atomic E-state index is -1.09. The molecular formula is C12H19N7O. The molecule has 1 atom stereocenters. The lowest BCUT2D eigenvalue weighted by Crippen LogP contribution is -2.31. The van der Waals surface area contributed by atoms with E-state index in [1.54, 1.807) is 19.0 Å². The maximum Gasteiger partial charge on any atom is 0.245 e. The molecule has 1 aromatic rings. The quantitative estimate of drug-likeness (QED) is 0.704. The predicted molar refractivity (Wildman–Crippen MR) is 74.8 cm³/mol. The summed E-state index contributed by atoms with van der Waals surface area (Å²) in [6.45, 7) is 2.54. The maximum atomic E-state index is 12.0. The van der Waals surface area contributed by atoms with Gasteiger partial charge in [-0.1, -0.05) is 13.3 Å². The summed E-state index contributed by atoms with van der Waals surface area (Å²) in [5, 5.41) is 11.8. The zero-order valence-electron chi connectivity index (χ0n) is 11.9. The lowest BCUT2D eigenvalue weighted by atomic mass is 10.1. The van der Waals surface area contributed by atoms with E-state index in [4.69, 9.17) is 11.0 Å². The van der Waals surface area contributed by atoms with Gasteiger partial charge in [0.15, 0.2) is 11.7 Å². The Bertz CT molecular complexity index is 509. The minimum Gasteiger partial charge on any atom is -0.368 e. The lowest BCUT2D eigenvalue weighted by Gasteiger charge is -2.13. The predicted octanol–water partition coefficient (Wildman–Crippen LogP) is 0.0433. The fourth-order valence-corrected chi connectivity index (χ4v) is 1.45. The molecule has 8 nitrogen and oxygen atoms in total. The standard InChI is InChI=1S/C12H19N7O/c1-4-5-6-15-10(20)8(7-13)9-16-11(14)18-12(17-9)19(2)3/h8H,4-6H2,1-3H3,(H,15,20)(H2,14,16,17,18)/t8-/m0/s1. The van der Waals surface area contributed by atoms with Gasteiger partial charge in [-0.2, -0.15) is 20.2 Å². The third-order valence-corrected chi connectivity index (χ3v) is 2.54. The second-order valence-corrected chi connectivity index (χ2v) is 4.45. The van der Waals surface area contributed by atoms with Crippen molar-refractivity contribution >= 4 is 17.8 Å². The first-order valence-electron chi connectivity index (χ1n) is 6.35. The van der Waals surface area contributed by atoms with Crippen LogP contribution in [-0.4, -0.2) is 41.5 Å². The molecule has 0 spiro atoms. The molecule has 0 aliphatic rings. The molecule has 1 aromatic heterocycles. The molecule has 8 heteroatoms. The van der Waals surface area contributed by atoms with Gasteiger partial charge in [0.05, 0.1) is 6.07 Å². The van der Waals surface area contributed by atoms with Crippen molar-refractivity contribution in [3.8, 4) is 6.07 Å². The summed E-state index contributed by atoms with van der Waals surface area (Å²) in [5.41, 5.74) is 5.58. The van der Waals surface area contributed by atoms with Crippen LogP contribution < -0.4 is 16.0 Å². The maximum absolute atomic E-state index is 12.0. The van der Waals surface area contributed by atoms with Crippen molar-refractivity contribution in [3.63, 3.8) is 0 Å². The molecule has 0 saturated carbocycles. The molecule has 0 radical (unpaired) electrons. The number of unbranched alkanes of at least 4 members (excludes halogenated alkanes) is 1. The number of nitrogen functional groups attached to an aromatic ring is 1. The zero-order chi connectivity index (χ0) is 15.1. The molecule has 108 valence electrons. The summed E-state index contributed by atoms with van der Waals surface area (Å²) in [5.74, 6) is -1.14. The first-order valence-corrected chi connectivity index (χ1v) is 6.35. The highest BCUT2D eigenvalue weighted by Gasteiger charge is 2.24. The molecular weight excluding hydrogens is 258 g/mol. The average molecular weight is 277 g/mol. The highest BCUT2D eigenvalue weighted by atomic mass is 16.1. The van der Waals surface area contributed by atoms with Gasteiger partial charge >= 0.3 is 0 Å². The van der Waals surface area contributed by atoms with E-state index in [0.717, 1.165) is 12.8 Å². The van der Waals surface area contributed by atoms with Crippen LogP contribution in [0.25, 0.3) is 0 Å². The van der Waals surface area contributed by atoms with Crippen molar-refractivity contribution in [2.24, 2.45) is 0 Å². The monoisotopic (exact) mass is 277 g/mol. The minimum absolute atomic E-state index is 0.0136. The number of nitrogens with zero attached hydrogens (tertiary/aromatic N) is 5. The van der Waals surface area contributed by atoms with Crippen LogP contribution >= 0.6 is 0 Å². The lowest BCUT2D eigenvalue weighted by molar-refractivity contribution is -0.121. The third kappa shape index (κ3) is 4.05. The largest absolute Gasteiger partial charge is 0.368 e. The SMILES string of the molecule is CCCCNC(=O)[C@@H](C#N)c1nc(N)nc(N(C)C)n1. The summed E-state index contributed by atoms with van der Waals surface area (Å²) in [4.78, 5) is 25.5. The number of nitrogens with two attached hydrogens (primary N) is 1. The van der Waals surface area contributed by atoms with Crippen LogP contribution in [-0.2, 0) is 4.79 Å². The molecule has 3 N–H and O–H groups in total. The van der Waals surface area contributed by atoms with Crippen molar-refractivity contribution in [1.82, 2.24) is 20.3 Å². The molecule has 0 fully saturated rings. The van der Waals surface area contributed by atoms with E-state index in [1.165, 1.54) is 0 Å². The number of hydrogen-bond acceptors (Lipinski definition) is 7. The van der Waals surface area contributed by atoms with Crippen LogP contribution in [0.3, 0.4) is 0 Å². The van der Waals surface area contributed by atoms with Crippen molar-refractivity contribution in [1.29, 1.82) is 5.26 Å². The Morgan fingerprint density at radius 2 is 2.15 bits per heavy atom. The first kappa shape index (κ1) is 15.6. The summed E-state index contributed by atoms with van der Waals surface area (Å²) < 4.78 is 0. The second-order valence-electron chi connectivity index (χ2n) is 4.45. The van der Waals surface area contributed by atoms with Crippen molar-refractivity contribution < 1.29 is 4.79 Å². The molecule has 0 aliphatic heterocycles. The van der Waals surface area contributed by atoms with Crippen LogP contribution in [0.4, 0.5) is 11.9 Å². The molecule has 0 aliphatic carbocycles. The van der Waals surface area contributed by atoms with E-state index in [-0.39, 0.29) is 11.8 Å². The normalized spacial score (nSPS) is 11.5. The number of nitrogens with one attached hydrogen (secondary N) is 1. The Kier molecular flexibility index (Phi) is 5.65. The molecule has 1 heterocycles. The van der Waals surface area contributed by atoms with Gasteiger partial charge in [0.2, 0.25) is 17.8 Å². The number of rotatable bonds is 6. The van der Waals surface area contributed by atoms with Gasteiger partial charge in [0.25, 0.3) is 0 Å². The van der Waals surface area contributed by atoms with E-state index < -0.39 is 11.8 Å². The number of carbonyl (C=O) groups excluding carboxylic acids is 1. The molecule has 0 unspecified atom stereocenters. The molecule has 20 heavy (non-hydrogen) atoms. The number of aromatic nitrogens is 3. The number of hydrogen-bond donors (Lipinski definition) is 2. The van der Waals surface area contributed by atoms with Gasteiger partial charge in [-0.3, -0.25) is 4.79 Å². The first-order chi connectivity index (χ1) is 9.49. The molecule has 0 aromatic carbocycles. The van der Waals surface area contributed by atoms with E-state index in [9.17, 15) is 4.79 Å². The van der Waals surface area contributed by atoms with Crippen LogP contribution in [0.5, 0.6) is 0 Å². The Labute approximate surface area is 118 Å². The van der Waals surface area contributed by atoms with Crippen molar-refractivity contribution in [2.75, 3.05) is 31.3 Å². The van der Waals surface area contributed by atoms with E-state index in [2.05, 4.69) is 20.3 Å². The van der Waals surface area contributed by atoms with E-state index in [0.29, 0.717) is 12.5 Å². The van der Waals surface area contributed by atoms with Gasteiger partial charge < -0.3 is 16.0 Å². The van der Waals surface area contributed by atoms with Crippen LogP contribution in [0.1, 0.15) is 31.5 Å². The smallest absolute Gasteiger partial charge is 0.245 e. The topological polar surface area (TPSA) is 121 Å². The third-order valence-electron chi connectivity index (χ3n) is 2.54. The number of nitriles is 1. The molecule has 1 amide bonds. The summed E-state index contributed by atoms with van der Waals surface area (Å²) in [7, 11) is 3.47. The van der Waals surface area contributed by atoms with E-state index >= 15 is 0 Å². The Balaban J connectivity index is 2.95. The highest BCUT2D eigenvalue weighted by Crippen LogP contribution is 2.14. The van der Waals surface area contributed by atoms with Crippen LogP contribution in [0.15, 0.2) is 0 Å². The Morgan fingerprint density at radius 3 is 2.70 bits per heavy atom. The van der Waals surface area contributed by atoms with Crippen LogP contribution in [0.2, 0.25) is 0 Å². The molecule has 0 bridgehead atoms. The van der Waals surface area contributed by atoms with Gasteiger partial charge in [0.1, 0.15) is 0 Å². The van der Waals surface area contributed by atoms with Crippen LogP contribution in [0, 0.1) is 11.3 Å². The van der Waals surface area contributed by atoms with Gasteiger partial charge in [-0.15, -0.1) is 0 Å². The Hall–Kier alpha value is -2.43. The van der Waals surface area contributed by atoms with Gasteiger partial charge in [-0.25, -0.2) is 0 Å². The zero-order valence-corrected chi connectivity index (χ0v) is 11.9. The van der Waals surface area contributed by atoms with Gasteiger partial charge in [0, 0.05) is 20.6 Å². The number of anilines is 2. The summed E-state index contributed by atoms with van der Waals surface area (Å²) >= 11 is 0. The summed E-state index contributed by atoms with van der Waals surface area (Å²) in [6, 6.07) is 1.90. The molecule has 1 rings (SSSR count). The van der Waals surface area contributed by atoms with Crippen molar-refractivity contribution in [3.05, 3.63) is 5.82 Å². The average Bonchev–Trinajstić information content (AvgIpc) is 2.39. The fraction of sp³-hybridized carbons (Fsp3) is 0.583.